The number of aryl methyl sites for hydroxylation is 2. The molecule has 0 spiro atoms. The van der Waals surface area contributed by atoms with E-state index in [1.165, 1.54) is 17.3 Å². The van der Waals surface area contributed by atoms with Crippen LogP contribution in [0.5, 0.6) is 0 Å². The van der Waals surface area contributed by atoms with Gasteiger partial charge in [-0.05, 0) is 30.9 Å². The van der Waals surface area contributed by atoms with Gasteiger partial charge in [-0.15, -0.1) is 11.3 Å². The van der Waals surface area contributed by atoms with Crippen molar-refractivity contribution in [1.82, 2.24) is 9.97 Å². The highest BCUT2D eigenvalue weighted by Gasteiger charge is 2.20. The zero-order valence-corrected chi connectivity index (χ0v) is 16.2. The minimum absolute atomic E-state index is 0.285. The lowest BCUT2D eigenvalue weighted by atomic mass is 10.0. The second-order valence-corrected chi connectivity index (χ2v) is 7.92. The summed E-state index contributed by atoms with van der Waals surface area (Å²) in [7, 11) is 0. The monoisotopic (exact) mass is 371 g/mol. The van der Waals surface area contributed by atoms with Crippen LogP contribution in [0.15, 0.2) is 34.7 Å². The fourth-order valence-corrected chi connectivity index (χ4v) is 4.83. The van der Waals surface area contributed by atoms with E-state index in [1.54, 1.807) is 11.3 Å². The van der Waals surface area contributed by atoms with E-state index in [2.05, 4.69) is 46.5 Å². The Morgan fingerprint density at radius 2 is 1.96 bits per heavy atom. The third-order valence-corrected chi connectivity index (χ3v) is 6.37. The van der Waals surface area contributed by atoms with Crippen molar-refractivity contribution in [2.75, 3.05) is 0 Å². The maximum Gasteiger partial charge on any atom is 0.230 e. The molecule has 3 rings (SSSR count). The summed E-state index contributed by atoms with van der Waals surface area (Å²) in [6.07, 6.45) is 1.69. The van der Waals surface area contributed by atoms with Gasteiger partial charge < -0.3 is 5.73 Å². The highest BCUT2D eigenvalue weighted by Crippen LogP contribution is 2.39. The van der Waals surface area contributed by atoms with E-state index in [-0.39, 0.29) is 11.2 Å². The number of benzene rings is 1. The highest BCUT2D eigenvalue weighted by molar-refractivity contribution is 8.00. The molecular weight excluding hydrogens is 350 g/mol. The quantitative estimate of drug-likeness (QED) is 0.508. The third kappa shape index (κ3) is 3.70. The molecule has 3 aromatic rings. The van der Waals surface area contributed by atoms with Crippen molar-refractivity contribution in [3.63, 3.8) is 0 Å². The molecule has 6 heteroatoms. The summed E-state index contributed by atoms with van der Waals surface area (Å²) in [4.78, 5) is 21.8. The molecule has 0 aliphatic heterocycles. The molecule has 0 aliphatic carbocycles. The van der Waals surface area contributed by atoms with E-state index in [9.17, 15) is 4.79 Å². The van der Waals surface area contributed by atoms with Gasteiger partial charge in [0.15, 0.2) is 0 Å². The molecule has 0 aliphatic rings. The fraction of sp³-hybridized carbons (Fsp3) is 0.316. The fourth-order valence-electron chi connectivity index (χ4n) is 2.71. The second kappa shape index (κ2) is 7.54. The predicted octanol–water partition coefficient (Wildman–Crippen LogP) is 4.59. The van der Waals surface area contributed by atoms with Crippen molar-refractivity contribution in [1.29, 1.82) is 0 Å². The zero-order chi connectivity index (χ0) is 18.0. The number of nitrogens with two attached hydrogens (primary N) is 1. The minimum Gasteiger partial charge on any atom is -0.369 e. The first kappa shape index (κ1) is 17.9. The second-order valence-electron chi connectivity index (χ2n) is 5.87. The molecule has 1 atom stereocenters. The summed E-state index contributed by atoms with van der Waals surface area (Å²) >= 11 is 3.05. The lowest BCUT2D eigenvalue weighted by molar-refractivity contribution is -0.117. The van der Waals surface area contributed by atoms with Crippen molar-refractivity contribution >= 4 is 39.2 Å². The normalized spacial score (nSPS) is 12.4. The molecule has 0 saturated heterocycles. The van der Waals surface area contributed by atoms with Crippen molar-refractivity contribution < 1.29 is 4.79 Å². The Labute approximate surface area is 155 Å². The molecule has 2 heterocycles. The molecule has 1 aromatic carbocycles. The summed E-state index contributed by atoms with van der Waals surface area (Å²) in [5.41, 5.74) is 9.10. The summed E-state index contributed by atoms with van der Waals surface area (Å²) in [6, 6.07) is 8.58. The van der Waals surface area contributed by atoms with Gasteiger partial charge in [0.25, 0.3) is 0 Å². The first-order valence-electron chi connectivity index (χ1n) is 8.34. The van der Waals surface area contributed by atoms with Crippen LogP contribution in [-0.2, 0) is 11.2 Å². The Balaban J connectivity index is 2.12. The summed E-state index contributed by atoms with van der Waals surface area (Å²) in [6.45, 7) is 5.99. The number of aromatic nitrogens is 2. The Hall–Kier alpha value is -1.92. The highest BCUT2D eigenvalue weighted by atomic mass is 32.2. The van der Waals surface area contributed by atoms with Gasteiger partial charge in [-0.1, -0.05) is 49.9 Å². The average Bonchev–Trinajstić information content (AvgIpc) is 3.03. The molecule has 0 radical (unpaired) electrons. The molecule has 1 unspecified atom stereocenters. The van der Waals surface area contributed by atoms with Crippen molar-refractivity contribution in [3.05, 3.63) is 41.0 Å². The Morgan fingerprint density at radius 1 is 1.24 bits per heavy atom. The number of carbonyl (C=O) groups excluding carboxylic acids is 1. The largest absolute Gasteiger partial charge is 0.369 e. The number of hydrogen-bond acceptors (Lipinski definition) is 5. The first-order valence-corrected chi connectivity index (χ1v) is 10.1. The van der Waals surface area contributed by atoms with Gasteiger partial charge in [-0.25, -0.2) is 9.97 Å². The van der Waals surface area contributed by atoms with Crippen LogP contribution in [0.3, 0.4) is 0 Å². The van der Waals surface area contributed by atoms with Gasteiger partial charge in [0.2, 0.25) is 5.91 Å². The molecule has 0 bridgehead atoms. The number of hydrogen-bond donors (Lipinski definition) is 1. The molecule has 2 N–H and O–H groups in total. The van der Waals surface area contributed by atoms with Gasteiger partial charge in [0.05, 0.1) is 10.6 Å². The van der Waals surface area contributed by atoms with Gasteiger partial charge >= 0.3 is 0 Å². The number of carbonyl (C=O) groups is 1. The summed E-state index contributed by atoms with van der Waals surface area (Å²) < 4.78 is 0. The zero-order valence-electron chi connectivity index (χ0n) is 14.6. The molecule has 130 valence electrons. The molecule has 4 nitrogen and oxygen atoms in total. The van der Waals surface area contributed by atoms with Crippen LogP contribution in [0.2, 0.25) is 0 Å². The Kier molecular flexibility index (Phi) is 5.39. The molecular formula is C19H21N3OS2. The van der Waals surface area contributed by atoms with Crippen LogP contribution >= 0.6 is 23.1 Å². The van der Waals surface area contributed by atoms with Crippen molar-refractivity contribution in [2.24, 2.45) is 5.73 Å². The maximum atomic E-state index is 11.7. The van der Waals surface area contributed by atoms with E-state index in [0.29, 0.717) is 12.2 Å². The summed E-state index contributed by atoms with van der Waals surface area (Å²) in [5, 5.41) is 3.69. The Bertz CT molecular complexity index is 903. The van der Waals surface area contributed by atoms with E-state index in [1.807, 2.05) is 13.8 Å². The van der Waals surface area contributed by atoms with Crippen LogP contribution in [0.25, 0.3) is 21.3 Å². The predicted molar refractivity (Wildman–Crippen MR) is 106 cm³/mol. The number of amides is 1. The van der Waals surface area contributed by atoms with E-state index >= 15 is 0 Å². The van der Waals surface area contributed by atoms with E-state index < -0.39 is 0 Å². The number of primary amides is 1. The topological polar surface area (TPSA) is 68.9 Å². The van der Waals surface area contributed by atoms with Gasteiger partial charge in [-0.3, -0.25) is 4.79 Å². The molecule has 1 amide bonds. The number of thioether (sulfide) groups is 1. The molecule has 2 aromatic heterocycles. The first-order chi connectivity index (χ1) is 12.0. The number of nitrogens with zero attached hydrogens (tertiary/aromatic N) is 2. The average molecular weight is 372 g/mol. The SMILES string of the molecule is CCc1ccc(-c2csc3nc(C)nc(SC(CC)C(N)=O)c23)cc1. The number of fused-ring (bicyclic) bond motifs is 1. The van der Waals surface area contributed by atoms with Gasteiger partial charge in [0.1, 0.15) is 15.7 Å². The van der Waals surface area contributed by atoms with Gasteiger partial charge in [-0.2, -0.15) is 0 Å². The summed E-state index contributed by atoms with van der Waals surface area (Å²) in [5.74, 6) is 0.407. The molecule has 25 heavy (non-hydrogen) atoms. The van der Waals surface area contributed by atoms with Crippen LogP contribution in [0.4, 0.5) is 0 Å². The number of thiophene rings is 1. The van der Waals surface area contributed by atoms with Crippen molar-refractivity contribution in [3.8, 4) is 11.1 Å². The van der Waals surface area contributed by atoms with E-state index in [0.717, 1.165) is 32.8 Å². The molecule has 0 fully saturated rings. The van der Waals surface area contributed by atoms with Crippen LogP contribution in [0, 0.1) is 6.92 Å². The minimum atomic E-state index is -0.305. The van der Waals surface area contributed by atoms with E-state index in [4.69, 9.17) is 5.73 Å². The molecule has 0 saturated carbocycles. The van der Waals surface area contributed by atoms with Crippen LogP contribution < -0.4 is 5.73 Å². The van der Waals surface area contributed by atoms with Crippen LogP contribution in [-0.4, -0.2) is 21.1 Å². The Morgan fingerprint density at radius 3 is 2.56 bits per heavy atom. The third-order valence-electron chi connectivity index (χ3n) is 4.13. The van der Waals surface area contributed by atoms with Crippen molar-refractivity contribution in [2.45, 2.75) is 43.9 Å². The lowest BCUT2D eigenvalue weighted by Gasteiger charge is -2.12. The number of rotatable bonds is 6. The standard InChI is InChI=1S/C19H21N3OS2/c1-4-12-6-8-13(9-7-12)14-10-24-18-16(14)19(22-11(3)21-18)25-15(5-2)17(20)23/h6-10,15H,4-5H2,1-3H3,(H2,20,23). The van der Waals surface area contributed by atoms with Gasteiger partial charge in [0, 0.05) is 10.9 Å². The maximum absolute atomic E-state index is 11.7. The smallest absolute Gasteiger partial charge is 0.230 e. The lowest BCUT2D eigenvalue weighted by Crippen LogP contribution is -2.25. The van der Waals surface area contributed by atoms with Crippen LogP contribution in [0.1, 0.15) is 31.7 Å².